The quantitative estimate of drug-likeness (QED) is 0.309. The zero-order chi connectivity index (χ0) is 20.8. The summed E-state index contributed by atoms with van der Waals surface area (Å²) in [4.78, 5) is 22.6. The summed E-state index contributed by atoms with van der Waals surface area (Å²) in [6.45, 7) is 2.05. The molecule has 3 aromatic rings. The van der Waals surface area contributed by atoms with Gasteiger partial charge in [-0.2, -0.15) is 5.10 Å². The Labute approximate surface area is 174 Å². The number of hydrogen-bond donors (Lipinski definition) is 2. The fraction of sp³-hybridized carbons (Fsp3) is 0.100. The molecule has 1 heterocycles. The molecule has 0 atom stereocenters. The Morgan fingerprint density at radius 2 is 1.97 bits per heavy atom. The lowest BCUT2D eigenvalue weighted by Crippen LogP contribution is -2.25. The molecule has 0 radical (unpaired) electrons. The van der Waals surface area contributed by atoms with E-state index in [0.717, 1.165) is 11.3 Å². The van der Waals surface area contributed by atoms with Gasteiger partial charge in [0, 0.05) is 16.2 Å². The summed E-state index contributed by atoms with van der Waals surface area (Å²) >= 11 is 3.22. The summed E-state index contributed by atoms with van der Waals surface area (Å²) in [6.07, 6.45) is 1.33. The second-order valence-corrected chi connectivity index (χ2v) is 7.05. The van der Waals surface area contributed by atoms with Crippen molar-refractivity contribution in [2.24, 2.45) is 5.10 Å². The molecule has 0 aliphatic rings. The molecule has 0 aliphatic carbocycles. The van der Waals surface area contributed by atoms with Crippen LogP contribution in [0, 0.1) is 17.0 Å². The first kappa shape index (κ1) is 20.3. The molecular formula is C20H17BrN4O4. The van der Waals surface area contributed by atoms with E-state index in [2.05, 4.69) is 31.8 Å². The number of halogens is 1. The number of furan rings is 1. The Kier molecular flexibility index (Phi) is 6.40. The minimum Gasteiger partial charge on any atom is -0.455 e. The third-order valence-corrected chi connectivity index (χ3v) is 4.43. The van der Waals surface area contributed by atoms with Crippen molar-refractivity contribution in [1.82, 2.24) is 5.43 Å². The molecular weight excluding hydrogens is 440 g/mol. The van der Waals surface area contributed by atoms with Crippen LogP contribution in [0.5, 0.6) is 0 Å². The predicted octanol–water partition coefficient (Wildman–Crippen LogP) is 4.49. The molecule has 0 spiro atoms. The molecule has 29 heavy (non-hydrogen) atoms. The number of amides is 1. The fourth-order valence-corrected chi connectivity index (χ4v) is 2.84. The molecule has 0 fully saturated rings. The fourth-order valence-electron chi connectivity index (χ4n) is 2.49. The zero-order valence-corrected chi connectivity index (χ0v) is 17.0. The Morgan fingerprint density at radius 1 is 1.21 bits per heavy atom. The summed E-state index contributed by atoms with van der Waals surface area (Å²) in [5.74, 6) is 0.360. The van der Waals surface area contributed by atoms with Crippen molar-refractivity contribution < 1.29 is 14.1 Å². The van der Waals surface area contributed by atoms with Gasteiger partial charge >= 0.3 is 0 Å². The minimum atomic E-state index is -0.475. The Balaban J connectivity index is 1.59. The van der Waals surface area contributed by atoms with E-state index in [1.165, 1.54) is 12.3 Å². The summed E-state index contributed by atoms with van der Waals surface area (Å²) < 4.78 is 6.19. The summed E-state index contributed by atoms with van der Waals surface area (Å²) in [7, 11) is 0. The lowest BCUT2D eigenvalue weighted by molar-refractivity contribution is -0.384. The van der Waals surface area contributed by atoms with Crippen LogP contribution in [0.2, 0.25) is 0 Å². The van der Waals surface area contributed by atoms with Gasteiger partial charge in [0.1, 0.15) is 11.5 Å². The Hall–Kier alpha value is -3.46. The van der Waals surface area contributed by atoms with Gasteiger partial charge in [-0.15, -0.1) is 0 Å². The van der Waals surface area contributed by atoms with Gasteiger partial charge in [0.25, 0.3) is 11.6 Å². The summed E-state index contributed by atoms with van der Waals surface area (Å²) in [6, 6.07) is 15.6. The number of benzene rings is 2. The van der Waals surface area contributed by atoms with E-state index < -0.39 is 4.92 Å². The largest absolute Gasteiger partial charge is 0.455 e. The second-order valence-electron chi connectivity index (χ2n) is 6.13. The number of nitrogens with one attached hydrogen (secondary N) is 2. The van der Waals surface area contributed by atoms with Crippen LogP contribution in [0.15, 0.2) is 68.6 Å². The van der Waals surface area contributed by atoms with Crippen molar-refractivity contribution in [2.75, 3.05) is 11.9 Å². The smallest absolute Gasteiger partial charge is 0.281 e. The van der Waals surface area contributed by atoms with Crippen molar-refractivity contribution in [3.8, 4) is 11.3 Å². The monoisotopic (exact) mass is 456 g/mol. The van der Waals surface area contributed by atoms with Gasteiger partial charge in [-0.25, -0.2) is 5.43 Å². The van der Waals surface area contributed by atoms with Gasteiger partial charge < -0.3 is 9.73 Å². The molecule has 2 N–H and O–H groups in total. The van der Waals surface area contributed by atoms with Crippen LogP contribution < -0.4 is 10.7 Å². The first-order valence-corrected chi connectivity index (χ1v) is 9.38. The molecule has 9 heteroatoms. The molecule has 1 aromatic heterocycles. The number of aryl methyl sites for hydroxylation is 1. The lowest BCUT2D eigenvalue weighted by atomic mass is 10.1. The average Bonchev–Trinajstić information content (AvgIpc) is 3.16. The maximum atomic E-state index is 11.9. The molecule has 0 unspecified atom stereocenters. The van der Waals surface area contributed by atoms with E-state index in [1.807, 2.05) is 31.2 Å². The van der Waals surface area contributed by atoms with Gasteiger partial charge in [0.15, 0.2) is 0 Å². The summed E-state index contributed by atoms with van der Waals surface area (Å²) in [5, 5.41) is 18.1. The third-order valence-electron chi connectivity index (χ3n) is 3.93. The highest BCUT2D eigenvalue weighted by molar-refractivity contribution is 9.10. The standard InChI is InChI=1S/C20H17BrN4O4/c1-13-2-5-15(6-3-13)22-12-20(26)24-23-11-16-7-9-19(29-16)17-8-4-14(21)10-18(17)25(27)28/h2-11,22H,12H2,1H3,(H,24,26)/b23-11-. The molecule has 8 nitrogen and oxygen atoms in total. The van der Waals surface area contributed by atoms with Crippen molar-refractivity contribution in [3.63, 3.8) is 0 Å². The van der Waals surface area contributed by atoms with Crippen molar-refractivity contribution in [3.05, 3.63) is 80.5 Å². The molecule has 148 valence electrons. The first-order chi connectivity index (χ1) is 13.9. The lowest BCUT2D eigenvalue weighted by Gasteiger charge is -2.05. The number of hydrogen-bond acceptors (Lipinski definition) is 6. The van der Waals surface area contributed by atoms with E-state index in [1.54, 1.807) is 24.3 Å². The highest BCUT2D eigenvalue weighted by Crippen LogP contribution is 2.33. The number of rotatable bonds is 7. The van der Waals surface area contributed by atoms with E-state index in [9.17, 15) is 14.9 Å². The molecule has 0 aliphatic heterocycles. The van der Waals surface area contributed by atoms with Crippen LogP contribution in [0.25, 0.3) is 11.3 Å². The normalized spacial score (nSPS) is 10.8. The van der Waals surface area contributed by atoms with Crippen LogP contribution in [-0.4, -0.2) is 23.6 Å². The molecule has 1 amide bonds. The third kappa shape index (κ3) is 5.52. The van der Waals surface area contributed by atoms with E-state index in [4.69, 9.17) is 4.42 Å². The predicted molar refractivity (Wildman–Crippen MR) is 114 cm³/mol. The second kappa shape index (κ2) is 9.16. The van der Waals surface area contributed by atoms with Crippen molar-refractivity contribution in [1.29, 1.82) is 0 Å². The number of carbonyl (C=O) groups is 1. The Bertz CT molecular complexity index is 1060. The number of hydrazone groups is 1. The van der Waals surface area contributed by atoms with Crippen molar-refractivity contribution >= 4 is 39.4 Å². The highest BCUT2D eigenvalue weighted by Gasteiger charge is 2.18. The van der Waals surface area contributed by atoms with Crippen LogP contribution in [0.1, 0.15) is 11.3 Å². The van der Waals surface area contributed by atoms with Crippen LogP contribution >= 0.6 is 15.9 Å². The Morgan fingerprint density at radius 3 is 2.69 bits per heavy atom. The molecule has 2 aromatic carbocycles. The van der Waals surface area contributed by atoms with Crippen LogP contribution in [-0.2, 0) is 4.79 Å². The van der Waals surface area contributed by atoms with Gasteiger partial charge in [-0.1, -0.05) is 33.6 Å². The van der Waals surface area contributed by atoms with Crippen LogP contribution in [0.4, 0.5) is 11.4 Å². The van der Waals surface area contributed by atoms with E-state index >= 15 is 0 Å². The number of nitrogens with zero attached hydrogens (tertiary/aromatic N) is 2. The van der Waals surface area contributed by atoms with Gasteiger partial charge in [-0.3, -0.25) is 14.9 Å². The van der Waals surface area contributed by atoms with Crippen molar-refractivity contribution in [2.45, 2.75) is 6.92 Å². The van der Waals surface area contributed by atoms with E-state index in [-0.39, 0.29) is 18.1 Å². The minimum absolute atomic E-state index is 0.0644. The zero-order valence-electron chi connectivity index (χ0n) is 15.4. The maximum absolute atomic E-state index is 11.9. The number of nitro groups is 1. The topological polar surface area (TPSA) is 110 Å². The summed E-state index contributed by atoms with van der Waals surface area (Å²) in [5.41, 5.74) is 4.64. The number of carbonyl (C=O) groups excluding carboxylic acids is 1. The van der Waals surface area contributed by atoms with E-state index in [0.29, 0.717) is 21.6 Å². The molecule has 0 saturated heterocycles. The first-order valence-electron chi connectivity index (χ1n) is 8.59. The van der Waals surface area contributed by atoms with Gasteiger partial charge in [0.05, 0.1) is 23.2 Å². The number of anilines is 1. The average molecular weight is 457 g/mol. The molecule has 0 bridgehead atoms. The van der Waals surface area contributed by atoms with Gasteiger partial charge in [-0.05, 0) is 43.3 Å². The van der Waals surface area contributed by atoms with Gasteiger partial charge in [0.2, 0.25) is 0 Å². The SMILES string of the molecule is Cc1ccc(NCC(=O)N/N=C\c2ccc(-c3ccc(Br)cc3[N+](=O)[O-])o2)cc1. The number of nitro benzene ring substituents is 1. The molecule has 0 saturated carbocycles. The molecule has 3 rings (SSSR count). The van der Waals surface area contributed by atoms with Crippen LogP contribution in [0.3, 0.4) is 0 Å². The highest BCUT2D eigenvalue weighted by atomic mass is 79.9. The maximum Gasteiger partial charge on any atom is 0.281 e.